The van der Waals surface area contributed by atoms with Gasteiger partial charge < -0.3 is 4.90 Å². The lowest BCUT2D eigenvalue weighted by molar-refractivity contribution is 0.0742. The first-order valence-corrected chi connectivity index (χ1v) is 9.48. The van der Waals surface area contributed by atoms with Crippen LogP contribution in [0.4, 0.5) is 0 Å². The van der Waals surface area contributed by atoms with Crippen LogP contribution < -0.4 is 5.14 Å². The lowest BCUT2D eigenvalue weighted by Crippen LogP contribution is -2.29. The van der Waals surface area contributed by atoms with Gasteiger partial charge in [-0.3, -0.25) is 4.79 Å². The number of amides is 1. The Morgan fingerprint density at radius 2 is 1.83 bits per heavy atom. The van der Waals surface area contributed by atoms with Gasteiger partial charge in [0, 0.05) is 16.2 Å². The summed E-state index contributed by atoms with van der Waals surface area (Å²) in [6.07, 6.45) is 0. The fourth-order valence-electron chi connectivity index (χ4n) is 2.18. The van der Waals surface area contributed by atoms with E-state index in [4.69, 9.17) is 5.14 Å². The van der Waals surface area contributed by atoms with Gasteiger partial charge in [0.15, 0.2) is 0 Å². The first-order chi connectivity index (χ1) is 10.7. The van der Waals surface area contributed by atoms with E-state index < -0.39 is 10.0 Å². The van der Waals surface area contributed by atoms with E-state index in [0.717, 1.165) is 3.57 Å². The summed E-state index contributed by atoms with van der Waals surface area (Å²) >= 11 is 2.15. The SMILES string of the molecule is CC(c1cccc(S(N)(=O)=O)c1)N(C)C(=O)c1cccc(I)c1. The van der Waals surface area contributed by atoms with Crippen molar-refractivity contribution < 1.29 is 13.2 Å². The maximum absolute atomic E-state index is 12.6. The zero-order valence-corrected chi connectivity index (χ0v) is 15.7. The Morgan fingerprint density at radius 3 is 2.43 bits per heavy atom. The third-order valence-electron chi connectivity index (χ3n) is 3.64. The van der Waals surface area contributed by atoms with Gasteiger partial charge in [-0.05, 0) is 65.4 Å². The van der Waals surface area contributed by atoms with Gasteiger partial charge in [-0.25, -0.2) is 13.6 Å². The minimum absolute atomic E-state index is 0.0389. The number of hydrogen-bond donors (Lipinski definition) is 1. The van der Waals surface area contributed by atoms with E-state index in [0.29, 0.717) is 11.1 Å². The molecule has 0 saturated carbocycles. The summed E-state index contributed by atoms with van der Waals surface area (Å²) in [5.41, 5.74) is 1.30. The second-order valence-electron chi connectivity index (χ2n) is 5.22. The molecule has 5 nitrogen and oxygen atoms in total. The molecular weight excluding hydrogens is 427 g/mol. The number of halogens is 1. The molecule has 1 amide bonds. The molecule has 0 bridgehead atoms. The average molecular weight is 444 g/mol. The quantitative estimate of drug-likeness (QED) is 0.737. The Balaban J connectivity index is 2.29. The Kier molecular flexibility index (Phi) is 5.43. The van der Waals surface area contributed by atoms with Crippen molar-refractivity contribution in [3.63, 3.8) is 0 Å². The van der Waals surface area contributed by atoms with Crippen molar-refractivity contribution >= 4 is 38.5 Å². The minimum Gasteiger partial charge on any atom is -0.335 e. The number of carbonyl (C=O) groups excluding carboxylic acids is 1. The first kappa shape index (κ1) is 17.9. The van der Waals surface area contributed by atoms with Gasteiger partial charge >= 0.3 is 0 Å². The molecule has 0 fully saturated rings. The van der Waals surface area contributed by atoms with Crippen LogP contribution in [0.15, 0.2) is 53.4 Å². The number of nitrogens with zero attached hydrogens (tertiary/aromatic N) is 1. The van der Waals surface area contributed by atoms with E-state index >= 15 is 0 Å². The predicted molar refractivity (Wildman–Crippen MR) is 97.5 cm³/mol. The average Bonchev–Trinajstić information content (AvgIpc) is 2.52. The molecule has 0 radical (unpaired) electrons. The number of nitrogens with two attached hydrogens (primary N) is 1. The van der Waals surface area contributed by atoms with Crippen molar-refractivity contribution in [1.82, 2.24) is 4.90 Å². The summed E-state index contributed by atoms with van der Waals surface area (Å²) < 4.78 is 23.9. The monoisotopic (exact) mass is 444 g/mol. The Hall–Kier alpha value is -1.45. The van der Waals surface area contributed by atoms with Gasteiger partial charge in [0.2, 0.25) is 10.0 Å². The minimum atomic E-state index is -3.77. The molecular formula is C16H17IN2O3S. The highest BCUT2D eigenvalue weighted by Gasteiger charge is 2.20. The topological polar surface area (TPSA) is 80.5 Å². The highest BCUT2D eigenvalue weighted by Crippen LogP contribution is 2.23. The van der Waals surface area contributed by atoms with E-state index in [1.54, 1.807) is 30.1 Å². The molecule has 1 atom stereocenters. The maximum Gasteiger partial charge on any atom is 0.254 e. The molecule has 0 aliphatic carbocycles. The Labute approximate surface area is 149 Å². The number of benzene rings is 2. The molecule has 2 N–H and O–H groups in total. The van der Waals surface area contributed by atoms with Crippen LogP contribution in [0.3, 0.4) is 0 Å². The molecule has 122 valence electrons. The standard InChI is InChI=1S/C16H17IN2O3S/c1-11(12-5-4-8-15(10-12)23(18,21)22)19(2)16(20)13-6-3-7-14(17)9-13/h3-11H,1-2H3,(H2,18,21,22). The summed E-state index contributed by atoms with van der Waals surface area (Å²) in [6.45, 7) is 1.84. The molecule has 1 unspecified atom stereocenters. The van der Waals surface area contributed by atoms with E-state index in [1.165, 1.54) is 12.1 Å². The normalized spacial score (nSPS) is 12.7. The van der Waals surface area contributed by atoms with Crippen molar-refractivity contribution in [1.29, 1.82) is 0 Å². The number of rotatable bonds is 4. The first-order valence-electron chi connectivity index (χ1n) is 6.85. The highest BCUT2D eigenvalue weighted by atomic mass is 127. The highest BCUT2D eigenvalue weighted by molar-refractivity contribution is 14.1. The van der Waals surface area contributed by atoms with E-state index in [2.05, 4.69) is 22.6 Å². The van der Waals surface area contributed by atoms with Crippen molar-refractivity contribution in [3.05, 3.63) is 63.2 Å². The number of carbonyl (C=O) groups is 1. The maximum atomic E-state index is 12.6. The molecule has 2 aromatic carbocycles. The molecule has 0 aromatic heterocycles. The second kappa shape index (κ2) is 6.98. The molecule has 0 spiro atoms. The fourth-order valence-corrected chi connectivity index (χ4v) is 3.29. The molecule has 2 aromatic rings. The molecule has 2 rings (SSSR count). The molecule has 23 heavy (non-hydrogen) atoms. The smallest absolute Gasteiger partial charge is 0.254 e. The molecule has 7 heteroatoms. The van der Waals surface area contributed by atoms with E-state index in [-0.39, 0.29) is 16.8 Å². The zero-order valence-electron chi connectivity index (χ0n) is 12.7. The van der Waals surface area contributed by atoms with Crippen LogP contribution in [0, 0.1) is 3.57 Å². The molecule has 0 saturated heterocycles. The van der Waals surface area contributed by atoms with Crippen molar-refractivity contribution in [2.45, 2.75) is 17.9 Å². The van der Waals surface area contributed by atoms with Gasteiger partial charge in [0.1, 0.15) is 0 Å². The number of primary sulfonamides is 1. The third kappa shape index (κ3) is 4.30. The third-order valence-corrected chi connectivity index (χ3v) is 5.22. The van der Waals surface area contributed by atoms with Crippen molar-refractivity contribution in [2.75, 3.05) is 7.05 Å². The van der Waals surface area contributed by atoms with Gasteiger partial charge in [0.05, 0.1) is 10.9 Å². The number of hydrogen-bond acceptors (Lipinski definition) is 3. The summed E-state index contributed by atoms with van der Waals surface area (Å²) in [5, 5.41) is 5.16. The van der Waals surface area contributed by atoms with Crippen LogP contribution in [0.2, 0.25) is 0 Å². The van der Waals surface area contributed by atoms with Crippen molar-refractivity contribution in [2.24, 2.45) is 5.14 Å². The van der Waals surface area contributed by atoms with Crippen LogP contribution in [0.5, 0.6) is 0 Å². The van der Waals surface area contributed by atoms with Crippen molar-refractivity contribution in [3.8, 4) is 0 Å². The van der Waals surface area contributed by atoms with E-state index in [9.17, 15) is 13.2 Å². The predicted octanol–water partition coefficient (Wildman–Crippen LogP) is 2.77. The molecule has 0 aliphatic rings. The van der Waals surface area contributed by atoms with Gasteiger partial charge in [0.25, 0.3) is 5.91 Å². The summed E-state index contributed by atoms with van der Waals surface area (Å²) in [4.78, 5) is 14.2. The Morgan fingerprint density at radius 1 is 1.17 bits per heavy atom. The Bertz CT molecular complexity index is 837. The summed E-state index contributed by atoms with van der Waals surface area (Å²) in [6, 6.07) is 13.4. The van der Waals surface area contributed by atoms with Gasteiger partial charge in [-0.1, -0.05) is 18.2 Å². The zero-order chi connectivity index (χ0) is 17.2. The lowest BCUT2D eigenvalue weighted by atomic mass is 10.1. The summed E-state index contributed by atoms with van der Waals surface area (Å²) in [7, 11) is -2.08. The van der Waals surface area contributed by atoms with Gasteiger partial charge in [-0.15, -0.1) is 0 Å². The van der Waals surface area contributed by atoms with E-state index in [1.807, 2.05) is 25.1 Å². The second-order valence-corrected chi connectivity index (χ2v) is 8.03. The molecule has 0 aliphatic heterocycles. The van der Waals surface area contributed by atoms with Crippen LogP contribution in [0.25, 0.3) is 0 Å². The number of sulfonamides is 1. The van der Waals surface area contributed by atoms with Crippen LogP contribution in [-0.4, -0.2) is 26.3 Å². The largest absolute Gasteiger partial charge is 0.335 e. The van der Waals surface area contributed by atoms with Crippen LogP contribution in [0.1, 0.15) is 28.9 Å². The lowest BCUT2D eigenvalue weighted by Gasteiger charge is -2.26. The van der Waals surface area contributed by atoms with Gasteiger partial charge in [-0.2, -0.15) is 0 Å². The summed E-state index contributed by atoms with van der Waals surface area (Å²) in [5.74, 6) is -0.128. The molecule has 0 heterocycles. The van der Waals surface area contributed by atoms with Crippen LogP contribution in [-0.2, 0) is 10.0 Å². The fraction of sp³-hybridized carbons (Fsp3) is 0.188. The van der Waals surface area contributed by atoms with Crippen LogP contribution >= 0.6 is 22.6 Å².